The van der Waals surface area contributed by atoms with E-state index in [2.05, 4.69) is 20.9 Å². The van der Waals surface area contributed by atoms with Crippen LogP contribution in [0.3, 0.4) is 0 Å². The van der Waals surface area contributed by atoms with Gasteiger partial charge in [0.25, 0.3) is 5.91 Å². The number of para-hydroxylation sites is 1. The smallest absolute Gasteiger partial charge is 0.279 e. The molecule has 5 heteroatoms. The minimum absolute atomic E-state index is 0.111. The second kappa shape index (κ2) is 5.06. The molecule has 3 aromatic rings. The van der Waals surface area contributed by atoms with Crippen LogP contribution >= 0.6 is 15.9 Å². The van der Waals surface area contributed by atoms with Crippen molar-refractivity contribution in [3.63, 3.8) is 0 Å². The molecule has 2 aromatic carbocycles. The number of amides is 1. The van der Waals surface area contributed by atoms with Gasteiger partial charge in [0.2, 0.25) is 0 Å². The fourth-order valence-corrected chi connectivity index (χ4v) is 3.55. The molecule has 1 aliphatic heterocycles. The zero-order valence-electron chi connectivity index (χ0n) is 12.4. The Morgan fingerprint density at radius 3 is 2.78 bits per heavy atom. The fraction of sp³-hybridized carbons (Fsp3) is 0.111. The van der Waals surface area contributed by atoms with Gasteiger partial charge in [-0.1, -0.05) is 34.1 Å². The van der Waals surface area contributed by atoms with E-state index in [1.807, 2.05) is 43.3 Å². The molecule has 0 radical (unpaired) electrons. The first-order chi connectivity index (χ1) is 11.1. The minimum atomic E-state index is -0.313. The maximum Gasteiger partial charge on any atom is 0.279 e. The van der Waals surface area contributed by atoms with Gasteiger partial charge in [0.05, 0.1) is 22.0 Å². The third-order valence-corrected chi connectivity index (χ3v) is 4.67. The lowest BCUT2D eigenvalue weighted by Gasteiger charge is -2.03. The van der Waals surface area contributed by atoms with E-state index in [1.54, 1.807) is 10.6 Å². The van der Waals surface area contributed by atoms with E-state index in [4.69, 9.17) is 0 Å². The van der Waals surface area contributed by atoms with Crippen LogP contribution in [0, 0.1) is 0 Å². The molecule has 1 aliphatic rings. The molecule has 0 bridgehead atoms. The van der Waals surface area contributed by atoms with Gasteiger partial charge in [-0.2, -0.15) is 0 Å². The highest BCUT2D eigenvalue weighted by atomic mass is 79.9. The number of aromatic nitrogens is 1. The van der Waals surface area contributed by atoms with E-state index in [1.165, 1.54) is 0 Å². The number of fused-ring (bicyclic) bond motifs is 2. The molecule has 0 atom stereocenters. The molecule has 0 saturated heterocycles. The summed E-state index contributed by atoms with van der Waals surface area (Å²) in [4.78, 5) is 16.6. The normalized spacial score (nSPS) is 13.5. The van der Waals surface area contributed by atoms with Crippen molar-refractivity contribution in [2.75, 3.05) is 0 Å². The van der Waals surface area contributed by atoms with Gasteiger partial charge < -0.3 is 9.67 Å². The highest BCUT2D eigenvalue weighted by molar-refractivity contribution is 9.10. The van der Waals surface area contributed by atoms with Crippen molar-refractivity contribution in [2.24, 2.45) is 4.99 Å². The Morgan fingerprint density at radius 2 is 2.00 bits per heavy atom. The summed E-state index contributed by atoms with van der Waals surface area (Å²) in [6, 6.07) is 13.2. The van der Waals surface area contributed by atoms with Crippen molar-refractivity contribution in [1.29, 1.82) is 0 Å². The number of carbonyl (C=O) groups is 1. The summed E-state index contributed by atoms with van der Waals surface area (Å²) in [6.07, 6.45) is 0. The van der Waals surface area contributed by atoms with Crippen molar-refractivity contribution < 1.29 is 9.90 Å². The van der Waals surface area contributed by atoms with Gasteiger partial charge in [0.15, 0.2) is 5.88 Å². The Balaban J connectivity index is 2.20. The van der Waals surface area contributed by atoms with Gasteiger partial charge in [-0.15, -0.1) is 0 Å². The lowest BCUT2D eigenvalue weighted by molar-refractivity contribution is -0.112. The van der Waals surface area contributed by atoms with Crippen LogP contribution in [-0.4, -0.2) is 15.6 Å². The quantitative estimate of drug-likeness (QED) is 0.755. The van der Waals surface area contributed by atoms with Crippen LogP contribution < -0.4 is 10.6 Å². The van der Waals surface area contributed by atoms with E-state index in [0.717, 1.165) is 20.6 Å². The number of hydrogen-bond donors (Lipinski definition) is 1. The molecule has 4 nitrogen and oxygen atoms in total. The number of rotatable bonds is 2. The Hall–Kier alpha value is -2.40. The van der Waals surface area contributed by atoms with E-state index in [9.17, 15) is 9.90 Å². The molecule has 1 aromatic heterocycles. The molecule has 1 N–H and O–H groups in total. The monoisotopic (exact) mass is 368 g/mol. The van der Waals surface area contributed by atoms with Crippen LogP contribution in [-0.2, 0) is 11.3 Å². The van der Waals surface area contributed by atoms with Crippen LogP contribution in [0.4, 0.5) is 0 Å². The molecule has 0 fully saturated rings. The molecule has 2 heterocycles. The first kappa shape index (κ1) is 14.2. The second-order valence-electron chi connectivity index (χ2n) is 5.41. The van der Waals surface area contributed by atoms with Crippen LogP contribution in [0.1, 0.15) is 12.5 Å². The summed E-state index contributed by atoms with van der Waals surface area (Å²) in [5, 5.41) is 13.0. The Morgan fingerprint density at radius 1 is 1.22 bits per heavy atom. The molecule has 114 valence electrons. The van der Waals surface area contributed by atoms with Gasteiger partial charge in [0, 0.05) is 21.6 Å². The molecular formula is C18H13BrN2O2. The first-order valence-electron chi connectivity index (χ1n) is 7.35. The highest BCUT2D eigenvalue weighted by Gasteiger charge is 2.26. The molecule has 0 aliphatic carbocycles. The average Bonchev–Trinajstić information content (AvgIpc) is 3.00. The van der Waals surface area contributed by atoms with Crippen molar-refractivity contribution in [1.82, 2.24) is 4.57 Å². The van der Waals surface area contributed by atoms with Crippen LogP contribution in [0.25, 0.3) is 16.5 Å². The number of nitrogens with zero attached hydrogens (tertiary/aromatic N) is 2. The predicted molar refractivity (Wildman–Crippen MR) is 91.7 cm³/mol. The van der Waals surface area contributed by atoms with Crippen LogP contribution in [0.5, 0.6) is 5.88 Å². The summed E-state index contributed by atoms with van der Waals surface area (Å²) in [6.45, 7) is 2.59. The molecule has 23 heavy (non-hydrogen) atoms. The van der Waals surface area contributed by atoms with Gasteiger partial charge in [0.1, 0.15) is 0 Å². The summed E-state index contributed by atoms with van der Waals surface area (Å²) in [5.74, 6) is -0.201. The highest BCUT2D eigenvalue weighted by Crippen LogP contribution is 2.36. The lowest BCUT2D eigenvalue weighted by atomic mass is 10.0. The van der Waals surface area contributed by atoms with Crippen LogP contribution in [0.15, 0.2) is 51.9 Å². The lowest BCUT2D eigenvalue weighted by Crippen LogP contribution is -2.23. The summed E-state index contributed by atoms with van der Waals surface area (Å²) in [5.41, 5.74) is 1.93. The van der Waals surface area contributed by atoms with Crippen molar-refractivity contribution in [3.05, 3.63) is 63.1 Å². The second-order valence-corrected chi connectivity index (χ2v) is 6.33. The third-order valence-electron chi connectivity index (χ3n) is 4.17. The summed E-state index contributed by atoms with van der Waals surface area (Å²) < 4.78 is 2.68. The zero-order valence-corrected chi connectivity index (χ0v) is 14.0. The number of aryl methyl sites for hydroxylation is 1. The average molecular weight is 369 g/mol. The van der Waals surface area contributed by atoms with Gasteiger partial charge in [-0.25, -0.2) is 4.99 Å². The molecule has 0 spiro atoms. The maximum atomic E-state index is 12.5. The molecular weight excluding hydrogens is 356 g/mol. The molecule has 4 rings (SSSR count). The Labute approximate surface area is 140 Å². The van der Waals surface area contributed by atoms with Gasteiger partial charge in [-0.05, 0) is 31.2 Å². The van der Waals surface area contributed by atoms with E-state index in [0.29, 0.717) is 23.0 Å². The maximum absolute atomic E-state index is 12.5. The first-order valence-corrected chi connectivity index (χ1v) is 8.14. The zero-order chi connectivity index (χ0) is 16.1. The molecule has 0 unspecified atom stereocenters. The largest absolute Gasteiger partial charge is 0.494 e. The van der Waals surface area contributed by atoms with Gasteiger partial charge >= 0.3 is 0 Å². The standard InChI is InChI=1S/C18H13BrN2O2/c1-2-21-14-6-4-3-5-11(14)16(18(21)23)15-12-9-10(19)7-8-13(12)20-17(15)22/h3-9,23H,2H2,1H3. The van der Waals surface area contributed by atoms with E-state index in [-0.39, 0.29) is 11.8 Å². The topological polar surface area (TPSA) is 54.6 Å². The summed E-state index contributed by atoms with van der Waals surface area (Å²) in [7, 11) is 0. The number of aromatic hydroxyl groups is 1. The Kier molecular flexibility index (Phi) is 3.13. The van der Waals surface area contributed by atoms with Gasteiger partial charge in [-0.3, -0.25) is 4.79 Å². The van der Waals surface area contributed by atoms with E-state index >= 15 is 0 Å². The van der Waals surface area contributed by atoms with Crippen molar-refractivity contribution in [2.45, 2.75) is 13.5 Å². The Bertz CT molecular complexity index is 1100. The fourth-order valence-electron chi connectivity index (χ4n) is 3.18. The number of benzene rings is 2. The van der Waals surface area contributed by atoms with Crippen molar-refractivity contribution in [3.8, 4) is 5.88 Å². The predicted octanol–water partition coefficient (Wildman–Crippen LogP) is 2.49. The molecule has 0 saturated carbocycles. The SMILES string of the molecule is CCn1c(O)c(C2=c3cc(Br)ccc3=NC2=O)c2ccccc21. The van der Waals surface area contributed by atoms with Crippen molar-refractivity contribution >= 4 is 38.3 Å². The number of hydrogen-bond acceptors (Lipinski definition) is 2. The number of halogens is 1. The summed E-state index contributed by atoms with van der Waals surface area (Å²) >= 11 is 3.44. The molecule has 1 amide bonds. The number of carbonyl (C=O) groups excluding carboxylic acids is 1. The van der Waals surface area contributed by atoms with E-state index < -0.39 is 0 Å². The van der Waals surface area contributed by atoms with Crippen LogP contribution in [0.2, 0.25) is 0 Å². The minimum Gasteiger partial charge on any atom is -0.494 e. The third kappa shape index (κ3) is 1.96.